The zero-order valence-corrected chi connectivity index (χ0v) is 12.9. The molecule has 0 heterocycles. The minimum absolute atomic E-state index is 0.329. The average Bonchev–Trinajstić information content (AvgIpc) is 1.38. The molecule has 5 heavy (non-hydrogen) atoms. The van der Waals surface area contributed by atoms with Crippen molar-refractivity contribution in [3.63, 3.8) is 0 Å². The van der Waals surface area contributed by atoms with Gasteiger partial charge >= 0.3 is 0 Å². The molecule has 0 N–H and O–H groups in total. The lowest BCUT2D eigenvalue weighted by atomic mass is 26.2. The minimum atomic E-state index is 0.329. The number of rotatable bonds is 1. The fraction of sp³-hybridized carbons (Fsp3) is 0. The summed E-state index contributed by atoms with van der Waals surface area (Å²) >= 11 is 0. The molecule has 0 bridgehead atoms. The molecule has 0 aromatic rings. The highest BCUT2D eigenvalue weighted by Crippen LogP contribution is 1.47. The van der Waals surface area contributed by atoms with Gasteiger partial charge in [-0.25, -0.2) is 0 Å². The number of hydrogen-bond acceptors (Lipinski definition) is 0. The van der Waals surface area contributed by atoms with Gasteiger partial charge in [0.15, 0.2) is 0 Å². The highest BCUT2D eigenvalue weighted by molar-refractivity contribution is 7.60. The molecule has 0 atom stereocenters. The summed E-state index contributed by atoms with van der Waals surface area (Å²) < 4.78 is 0. The molecular formula is H12Si5. The van der Waals surface area contributed by atoms with Gasteiger partial charge in [0, 0.05) is 0 Å². The first-order valence-corrected chi connectivity index (χ1v) is 20.4. The Hall–Kier alpha value is 1.08. The van der Waals surface area contributed by atoms with E-state index in [0.29, 0.717) is 7.35 Å². The summed E-state index contributed by atoms with van der Waals surface area (Å²) in [6.07, 6.45) is 0. The Morgan fingerprint density at radius 2 is 1.60 bits per heavy atom. The Labute approximate surface area is 45.6 Å². The van der Waals surface area contributed by atoms with Crippen molar-refractivity contribution in [3.05, 3.63) is 0 Å². The smallest absolute Gasteiger partial charge is 0.00803 e. The molecular weight excluding hydrogens is 140 g/mol. The normalized spacial score (nSPS) is 19.2. The first-order chi connectivity index (χ1) is 2.27. The lowest BCUT2D eigenvalue weighted by Crippen LogP contribution is -2.23. The largest absolute Gasteiger partial charge is 0.0119 e. The Balaban J connectivity index is 2.54. The second-order valence-electron chi connectivity index (χ2n) is 1.80. The second-order valence-corrected chi connectivity index (χ2v) is 48.7. The maximum absolute atomic E-state index is 1.67. The van der Waals surface area contributed by atoms with Crippen LogP contribution in [0.3, 0.4) is 0 Å². The van der Waals surface area contributed by atoms with Gasteiger partial charge in [0.25, 0.3) is 0 Å². The average molecular weight is 153 g/mol. The van der Waals surface area contributed by atoms with Gasteiger partial charge in [-0.15, -0.1) is 0 Å². The van der Waals surface area contributed by atoms with Crippen molar-refractivity contribution in [1.82, 2.24) is 0 Å². The van der Waals surface area contributed by atoms with E-state index in [-0.39, 0.29) is 0 Å². The molecule has 0 aliphatic heterocycles. The highest BCUT2D eigenvalue weighted by atomic mass is 29.9. The molecule has 0 aliphatic rings. The lowest BCUT2D eigenvalue weighted by molar-refractivity contribution is 3.91. The Kier molecular flexibility index (Phi) is 3.99. The molecule has 0 aromatic heterocycles. The van der Waals surface area contributed by atoms with Gasteiger partial charge in [-0.3, -0.25) is 0 Å². The molecule has 0 aliphatic carbocycles. The minimum Gasteiger partial charge on any atom is -0.0119 e. The van der Waals surface area contributed by atoms with E-state index in [1.54, 1.807) is 29.3 Å². The standard InChI is InChI=1S/H12Si5/c1-4-5(2)3/h5H,4H2,1-3H3. The Morgan fingerprint density at radius 3 is 1.60 bits per heavy atom. The monoisotopic (exact) mass is 152 g/mol. The van der Waals surface area contributed by atoms with Gasteiger partial charge in [0.05, 0.1) is 0 Å². The van der Waals surface area contributed by atoms with E-state index >= 15 is 0 Å². The highest BCUT2D eigenvalue weighted by Gasteiger charge is 1.84. The van der Waals surface area contributed by atoms with Crippen LogP contribution in [-0.2, 0) is 0 Å². The van der Waals surface area contributed by atoms with Crippen LogP contribution < -0.4 is 0 Å². The van der Waals surface area contributed by atoms with Crippen molar-refractivity contribution < 1.29 is 0 Å². The molecule has 0 amide bonds. The van der Waals surface area contributed by atoms with Gasteiger partial charge in [0.1, 0.15) is 0 Å². The summed E-state index contributed by atoms with van der Waals surface area (Å²) in [5, 5.41) is 0. The molecule has 0 saturated carbocycles. The first kappa shape index (κ1) is 6.08. The lowest BCUT2D eigenvalue weighted by Gasteiger charge is -1.86. The zero-order valence-electron chi connectivity index (χ0n) is 4.28. The van der Waals surface area contributed by atoms with Crippen LogP contribution in [-0.4, -0.2) is 45.2 Å². The van der Waals surface area contributed by atoms with Crippen LogP contribution in [0, 0.1) is 0 Å². The van der Waals surface area contributed by atoms with Crippen LogP contribution in [0.5, 0.6) is 0 Å². The van der Waals surface area contributed by atoms with Crippen LogP contribution in [0.4, 0.5) is 0 Å². The first-order valence-electron chi connectivity index (χ1n) is 2.27. The maximum atomic E-state index is 1.67. The Morgan fingerprint density at radius 1 is 1.40 bits per heavy atom. The fourth-order valence-corrected chi connectivity index (χ4v) is 0. The van der Waals surface area contributed by atoms with Crippen LogP contribution in [0.25, 0.3) is 0 Å². The molecule has 5 heteroatoms. The van der Waals surface area contributed by atoms with E-state index in [1.165, 1.54) is 0 Å². The molecule has 0 fully saturated rings. The predicted octanol–water partition coefficient (Wildman–Crippen LogP) is -5.12. The van der Waals surface area contributed by atoms with Crippen LogP contribution in [0.15, 0.2) is 0 Å². The van der Waals surface area contributed by atoms with Crippen molar-refractivity contribution in [2.24, 2.45) is 0 Å². The van der Waals surface area contributed by atoms with Crippen LogP contribution in [0.1, 0.15) is 0 Å². The van der Waals surface area contributed by atoms with Crippen molar-refractivity contribution in [3.8, 4) is 0 Å². The molecule has 0 spiro atoms. The Bertz CT molecular complexity index is 14.0. The van der Waals surface area contributed by atoms with E-state index in [0.717, 1.165) is 8.55 Å². The van der Waals surface area contributed by atoms with Gasteiger partial charge in [-0.2, -0.15) is 0 Å². The second kappa shape index (κ2) is 3.28. The number of hydrogen-bond donors (Lipinski definition) is 0. The zero-order chi connectivity index (χ0) is 4.28. The van der Waals surface area contributed by atoms with E-state index in [4.69, 9.17) is 0 Å². The van der Waals surface area contributed by atoms with Gasteiger partial charge in [0.2, 0.25) is 0 Å². The summed E-state index contributed by atoms with van der Waals surface area (Å²) in [5.41, 5.74) is 0. The van der Waals surface area contributed by atoms with Crippen molar-refractivity contribution in [1.29, 1.82) is 0 Å². The summed E-state index contributed by atoms with van der Waals surface area (Å²) in [4.78, 5) is 0. The SMILES string of the molecule is [SiH3][SiH2][SiH]([SiH3])[SiH3]. The molecule has 0 nitrogen and oxygen atoms in total. The van der Waals surface area contributed by atoms with E-state index in [9.17, 15) is 0 Å². The van der Waals surface area contributed by atoms with Crippen molar-refractivity contribution in [2.75, 3.05) is 0 Å². The summed E-state index contributed by atoms with van der Waals surface area (Å²) in [6.45, 7) is 0. The molecule has 0 saturated heterocycles. The molecule has 0 unspecified atom stereocenters. The maximum Gasteiger partial charge on any atom is -0.00803 e. The topological polar surface area (TPSA) is 0 Å². The van der Waals surface area contributed by atoms with E-state index in [1.807, 2.05) is 0 Å². The fourth-order valence-electron chi connectivity index (χ4n) is 0. The molecule has 0 radical (unpaired) electrons. The van der Waals surface area contributed by atoms with Crippen LogP contribution >= 0.6 is 0 Å². The van der Waals surface area contributed by atoms with Crippen LogP contribution in [0.2, 0.25) is 0 Å². The third-order valence-electron chi connectivity index (χ3n) is 0.816. The molecule has 0 rings (SSSR count). The molecule has 0 aromatic carbocycles. The van der Waals surface area contributed by atoms with Gasteiger partial charge in [-0.1, -0.05) is 0 Å². The summed E-state index contributed by atoms with van der Waals surface area (Å²) in [7, 11) is 6.06. The van der Waals surface area contributed by atoms with Crippen molar-refractivity contribution in [2.45, 2.75) is 0 Å². The summed E-state index contributed by atoms with van der Waals surface area (Å²) in [6, 6.07) is 0. The predicted molar refractivity (Wildman–Crippen MR) is 45.5 cm³/mol. The molecule has 32 valence electrons. The summed E-state index contributed by atoms with van der Waals surface area (Å²) in [5.74, 6) is 0. The third-order valence-corrected chi connectivity index (χ3v) is 66.1. The van der Waals surface area contributed by atoms with Gasteiger partial charge < -0.3 is 0 Å². The van der Waals surface area contributed by atoms with E-state index in [2.05, 4.69) is 0 Å². The van der Waals surface area contributed by atoms with E-state index < -0.39 is 0 Å². The quantitative estimate of drug-likeness (QED) is 0.330. The third kappa shape index (κ3) is 5.08. The van der Waals surface area contributed by atoms with Gasteiger partial charge in [-0.05, 0) is 45.2 Å². The van der Waals surface area contributed by atoms with Crippen molar-refractivity contribution >= 4 is 45.2 Å².